The molecule has 0 bridgehead atoms. The molecule has 2 heterocycles. The highest BCUT2D eigenvalue weighted by atomic mass is 19.4. The van der Waals surface area contributed by atoms with E-state index >= 15 is 0 Å². The number of halogens is 3. The van der Waals surface area contributed by atoms with E-state index in [4.69, 9.17) is 9.31 Å². The molecule has 1 N–H and O–H groups in total. The van der Waals surface area contributed by atoms with Gasteiger partial charge in [-0.1, -0.05) is 6.07 Å². The van der Waals surface area contributed by atoms with Crippen LogP contribution in [0.1, 0.15) is 49.2 Å². The van der Waals surface area contributed by atoms with Crippen molar-refractivity contribution < 1.29 is 27.3 Å². The number of rotatable bonds is 3. The maximum atomic E-state index is 12.9. The van der Waals surface area contributed by atoms with Gasteiger partial charge in [0.05, 0.1) is 16.8 Å². The van der Waals surface area contributed by atoms with Gasteiger partial charge >= 0.3 is 13.3 Å². The molecular formula is C20H22BF3N2O3. The quantitative estimate of drug-likeness (QED) is 0.785. The first kappa shape index (κ1) is 21.3. The first-order valence-corrected chi connectivity index (χ1v) is 9.11. The van der Waals surface area contributed by atoms with Gasteiger partial charge in [-0.15, -0.1) is 0 Å². The molecule has 0 radical (unpaired) electrons. The molecule has 154 valence electrons. The van der Waals surface area contributed by atoms with Crippen molar-refractivity contribution in [3.8, 4) is 0 Å². The Labute approximate surface area is 167 Å². The number of alkyl halides is 3. The molecule has 3 rings (SSSR count). The van der Waals surface area contributed by atoms with Gasteiger partial charge in [-0.05, 0) is 69.9 Å². The Morgan fingerprint density at radius 2 is 1.72 bits per heavy atom. The van der Waals surface area contributed by atoms with Crippen LogP contribution in [0.5, 0.6) is 0 Å². The van der Waals surface area contributed by atoms with Crippen molar-refractivity contribution in [1.82, 2.24) is 4.98 Å². The molecule has 0 aliphatic carbocycles. The molecule has 9 heteroatoms. The Morgan fingerprint density at radius 3 is 2.31 bits per heavy atom. The second-order valence-corrected chi connectivity index (χ2v) is 8.05. The Bertz CT molecular complexity index is 929. The zero-order chi connectivity index (χ0) is 21.6. The first-order valence-electron chi connectivity index (χ1n) is 9.11. The van der Waals surface area contributed by atoms with Crippen molar-refractivity contribution in [2.45, 2.75) is 52.0 Å². The Balaban J connectivity index is 1.83. The van der Waals surface area contributed by atoms with Crippen LogP contribution in [-0.4, -0.2) is 29.2 Å². The van der Waals surface area contributed by atoms with Gasteiger partial charge in [0.1, 0.15) is 5.82 Å². The van der Waals surface area contributed by atoms with Gasteiger partial charge in [0.15, 0.2) is 0 Å². The zero-order valence-corrected chi connectivity index (χ0v) is 16.8. The summed E-state index contributed by atoms with van der Waals surface area (Å²) in [7, 11) is -0.646. The fraction of sp³-hybridized carbons (Fsp3) is 0.400. The van der Waals surface area contributed by atoms with Gasteiger partial charge in [-0.3, -0.25) is 4.79 Å². The summed E-state index contributed by atoms with van der Waals surface area (Å²) in [6.07, 6.45) is -2.97. The molecule has 0 atom stereocenters. The minimum Gasteiger partial charge on any atom is -0.399 e. The standard InChI is InChI=1S/C20H22BF3N2O3/c1-12-11-25-16(10-15(12)21-28-18(2,3)19(4,5)29-21)26-17(27)13-7-6-8-14(9-13)20(22,23)24/h6-11H,1-5H3,(H,25,26,27). The molecule has 0 spiro atoms. The smallest absolute Gasteiger partial charge is 0.399 e. The van der Waals surface area contributed by atoms with E-state index in [2.05, 4.69) is 10.3 Å². The third-order valence-corrected chi connectivity index (χ3v) is 5.35. The highest BCUT2D eigenvalue weighted by Crippen LogP contribution is 2.36. The van der Waals surface area contributed by atoms with Crippen LogP contribution >= 0.6 is 0 Å². The molecule has 0 saturated carbocycles. The number of anilines is 1. The number of benzene rings is 1. The Hall–Kier alpha value is -2.39. The second-order valence-electron chi connectivity index (χ2n) is 8.05. The van der Waals surface area contributed by atoms with E-state index in [-0.39, 0.29) is 11.4 Å². The van der Waals surface area contributed by atoms with E-state index in [1.807, 2.05) is 34.6 Å². The van der Waals surface area contributed by atoms with Crippen molar-refractivity contribution in [2.24, 2.45) is 0 Å². The van der Waals surface area contributed by atoms with Crippen molar-refractivity contribution in [3.63, 3.8) is 0 Å². The van der Waals surface area contributed by atoms with E-state index in [0.29, 0.717) is 5.46 Å². The predicted molar refractivity (Wildman–Crippen MR) is 104 cm³/mol. The number of aryl methyl sites for hydroxylation is 1. The maximum absolute atomic E-state index is 12.9. The topological polar surface area (TPSA) is 60.5 Å². The number of pyridine rings is 1. The molecule has 0 unspecified atom stereocenters. The Kier molecular flexibility index (Phi) is 5.25. The average Bonchev–Trinajstić information content (AvgIpc) is 2.83. The van der Waals surface area contributed by atoms with Gasteiger partial charge in [0.2, 0.25) is 0 Å². The second kappa shape index (κ2) is 7.14. The van der Waals surface area contributed by atoms with Crippen molar-refractivity contribution in [3.05, 3.63) is 53.2 Å². The molecule has 1 aromatic carbocycles. The van der Waals surface area contributed by atoms with E-state index in [9.17, 15) is 18.0 Å². The molecule has 29 heavy (non-hydrogen) atoms. The fourth-order valence-corrected chi connectivity index (χ4v) is 2.86. The van der Waals surface area contributed by atoms with Crippen LogP contribution in [0.3, 0.4) is 0 Å². The van der Waals surface area contributed by atoms with Gasteiger partial charge in [-0.2, -0.15) is 13.2 Å². The summed E-state index contributed by atoms with van der Waals surface area (Å²) in [6.45, 7) is 9.56. The molecule has 2 aromatic rings. The van der Waals surface area contributed by atoms with Gasteiger partial charge in [-0.25, -0.2) is 4.98 Å². The summed E-state index contributed by atoms with van der Waals surface area (Å²) in [6, 6.07) is 5.84. The highest BCUT2D eigenvalue weighted by molar-refractivity contribution is 6.62. The largest absolute Gasteiger partial charge is 0.495 e. The third-order valence-electron chi connectivity index (χ3n) is 5.35. The van der Waals surface area contributed by atoms with Crippen molar-refractivity contribution in [2.75, 3.05) is 5.32 Å². The lowest BCUT2D eigenvalue weighted by Gasteiger charge is -2.32. The summed E-state index contributed by atoms with van der Waals surface area (Å²) in [5.41, 5.74) is -0.568. The molecule has 1 amide bonds. The van der Waals surface area contributed by atoms with Crippen LogP contribution in [0.15, 0.2) is 36.5 Å². The van der Waals surface area contributed by atoms with Crippen LogP contribution in [0.4, 0.5) is 19.0 Å². The predicted octanol–water partition coefficient (Wildman–Crippen LogP) is 3.96. The summed E-state index contributed by atoms with van der Waals surface area (Å²) >= 11 is 0. The summed E-state index contributed by atoms with van der Waals surface area (Å²) in [5.74, 6) is -0.491. The molecule has 1 aromatic heterocycles. The van der Waals surface area contributed by atoms with Gasteiger partial charge in [0.25, 0.3) is 5.91 Å². The normalized spacial score (nSPS) is 18.0. The number of hydrogen-bond donors (Lipinski definition) is 1. The Morgan fingerprint density at radius 1 is 1.10 bits per heavy atom. The van der Waals surface area contributed by atoms with Crippen LogP contribution in [0, 0.1) is 6.92 Å². The maximum Gasteiger partial charge on any atom is 0.495 e. The summed E-state index contributed by atoms with van der Waals surface area (Å²) in [5, 5.41) is 2.54. The van der Waals surface area contributed by atoms with Crippen LogP contribution in [0.2, 0.25) is 0 Å². The fourth-order valence-electron chi connectivity index (χ4n) is 2.86. The van der Waals surface area contributed by atoms with Crippen LogP contribution < -0.4 is 10.8 Å². The molecule has 1 saturated heterocycles. The van der Waals surface area contributed by atoms with E-state index in [0.717, 1.165) is 17.7 Å². The van der Waals surface area contributed by atoms with Crippen molar-refractivity contribution in [1.29, 1.82) is 0 Å². The average molecular weight is 406 g/mol. The molecule has 1 aliphatic rings. The van der Waals surface area contributed by atoms with Crippen molar-refractivity contribution >= 4 is 24.3 Å². The monoisotopic (exact) mass is 406 g/mol. The van der Waals surface area contributed by atoms with E-state index in [1.165, 1.54) is 12.1 Å². The molecule has 1 aliphatic heterocycles. The summed E-state index contributed by atoms with van der Waals surface area (Å²) in [4.78, 5) is 16.6. The van der Waals surface area contributed by atoms with E-state index in [1.54, 1.807) is 12.3 Å². The van der Waals surface area contributed by atoms with Gasteiger partial charge in [0, 0.05) is 11.8 Å². The first-order chi connectivity index (χ1) is 13.3. The molecule has 1 fully saturated rings. The SMILES string of the molecule is Cc1cnc(NC(=O)c2cccc(C(F)(F)F)c2)cc1B1OC(C)(C)C(C)(C)O1. The molecule has 5 nitrogen and oxygen atoms in total. The lowest BCUT2D eigenvalue weighted by Crippen LogP contribution is -2.41. The van der Waals surface area contributed by atoms with E-state index < -0.39 is 36.0 Å². The number of aromatic nitrogens is 1. The third kappa shape index (κ3) is 4.30. The summed E-state index contributed by atoms with van der Waals surface area (Å²) < 4.78 is 50.7. The number of nitrogens with zero attached hydrogens (tertiary/aromatic N) is 1. The van der Waals surface area contributed by atoms with Gasteiger partial charge < -0.3 is 14.6 Å². The lowest BCUT2D eigenvalue weighted by molar-refractivity contribution is -0.137. The van der Waals surface area contributed by atoms with Crippen LogP contribution in [-0.2, 0) is 15.5 Å². The van der Waals surface area contributed by atoms with Crippen LogP contribution in [0.25, 0.3) is 0 Å². The number of carbonyl (C=O) groups is 1. The minimum atomic E-state index is -4.53. The highest BCUT2D eigenvalue weighted by Gasteiger charge is 2.52. The lowest BCUT2D eigenvalue weighted by atomic mass is 9.77. The number of amides is 1. The minimum absolute atomic E-state index is 0.112. The number of carbonyl (C=O) groups excluding carboxylic acids is 1. The molecular weight excluding hydrogens is 384 g/mol. The zero-order valence-electron chi connectivity index (χ0n) is 16.8. The number of hydrogen-bond acceptors (Lipinski definition) is 4. The number of nitrogens with one attached hydrogen (secondary N) is 1.